The summed E-state index contributed by atoms with van der Waals surface area (Å²) < 4.78 is 34.2. The van der Waals surface area contributed by atoms with E-state index in [9.17, 15) is 13.2 Å². The number of benzene rings is 2. The number of amides is 1. The molecule has 27 heavy (non-hydrogen) atoms. The summed E-state index contributed by atoms with van der Waals surface area (Å²) in [7, 11) is -2.53. The smallest absolute Gasteiger partial charge is 0.265 e. The Balaban J connectivity index is 1.90. The predicted molar refractivity (Wildman–Crippen MR) is 110 cm³/mol. The van der Waals surface area contributed by atoms with Crippen LogP contribution in [0.3, 0.4) is 0 Å². The Morgan fingerprint density at radius 2 is 1.78 bits per heavy atom. The van der Waals surface area contributed by atoms with Gasteiger partial charge in [0.25, 0.3) is 15.9 Å². The van der Waals surface area contributed by atoms with E-state index >= 15 is 0 Å². The first-order valence-electron chi connectivity index (χ1n) is 7.69. The van der Waals surface area contributed by atoms with E-state index in [2.05, 4.69) is 26.0 Å². The van der Waals surface area contributed by atoms with E-state index in [1.165, 1.54) is 30.6 Å². The molecule has 6 nitrogen and oxygen atoms in total. The number of hydrogen-bond donors (Lipinski definition) is 2. The van der Waals surface area contributed by atoms with Gasteiger partial charge in [0.15, 0.2) is 0 Å². The van der Waals surface area contributed by atoms with Crippen molar-refractivity contribution in [1.82, 2.24) is 0 Å². The van der Waals surface area contributed by atoms with Crippen LogP contribution < -0.4 is 14.8 Å². The summed E-state index contributed by atoms with van der Waals surface area (Å²) in [5.41, 5.74) is 1.27. The van der Waals surface area contributed by atoms with Gasteiger partial charge in [0.1, 0.15) is 10.6 Å². The fourth-order valence-electron chi connectivity index (χ4n) is 2.29. The quantitative estimate of drug-likeness (QED) is 0.556. The molecule has 0 unspecified atom stereocenters. The van der Waals surface area contributed by atoms with E-state index < -0.39 is 10.0 Å². The maximum absolute atomic E-state index is 12.8. The molecule has 1 heterocycles. The molecule has 0 saturated carbocycles. The lowest BCUT2D eigenvalue weighted by atomic mass is 10.2. The van der Waals surface area contributed by atoms with E-state index in [-0.39, 0.29) is 16.6 Å². The molecule has 0 radical (unpaired) electrons. The van der Waals surface area contributed by atoms with Crippen molar-refractivity contribution in [3.63, 3.8) is 0 Å². The Bertz CT molecular complexity index is 1050. The van der Waals surface area contributed by atoms with Crippen molar-refractivity contribution >= 4 is 54.6 Å². The average molecular weight is 467 g/mol. The zero-order chi connectivity index (χ0) is 19.4. The standard InChI is InChI=1S/C18H15BrN2O4S2/c1-25-16-7-6-15(20-18(22)12-8-9-26-11-12)10-17(16)27(23,24)21-14-4-2-13(19)3-5-14/h2-11,21H,1H3,(H,20,22). The van der Waals surface area contributed by atoms with Crippen molar-refractivity contribution in [2.75, 3.05) is 17.1 Å². The van der Waals surface area contributed by atoms with Gasteiger partial charge in [-0.1, -0.05) is 15.9 Å². The highest BCUT2D eigenvalue weighted by Crippen LogP contribution is 2.29. The Labute approximate surface area is 169 Å². The van der Waals surface area contributed by atoms with Crippen LogP contribution >= 0.6 is 27.3 Å². The number of thiophene rings is 1. The molecule has 3 rings (SSSR count). The normalized spacial score (nSPS) is 11.0. The minimum absolute atomic E-state index is 0.0731. The van der Waals surface area contributed by atoms with Crippen molar-refractivity contribution in [3.8, 4) is 5.75 Å². The summed E-state index contributed by atoms with van der Waals surface area (Å²) in [6.07, 6.45) is 0. The van der Waals surface area contributed by atoms with Crippen molar-refractivity contribution in [2.45, 2.75) is 4.90 Å². The van der Waals surface area contributed by atoms with Gasteiger partial charge < -0.3 is 10.1 Å². The van der Waals surface area contributed by atoms with Crippen LogP contribution in [-0.4, -0.2) is 21.4 Å². The first-order valence-corrected chi connectivity index (χ1v) is 10.9. The molecule has 1 aromatic heterocycles. The first kappa shape index (κ1) is 19.4. The number of anilines is 2. The van der Waals surface area contributed by atoms with Crippen molar-refractivity contribution in [3.05, 3.63) is 69.3 Å². The molecule has 0 spiro atoms. The minimum Gasteiger partial charge on any atom is -0.495 e. The largest absolute Gasteiger partial charge is 0.495 e. The molecule has 0 aliphatic carbocycles. The Hall–Kier alpha value is -2.36. The molecule has 0 saturated heterocycles. The summed E-state index contributed by atoms with van der Waals surface area (Å²) in [5.74, 6) is -0.140. The number of ether oxygens (including phenoxy) is 1. The third kappa shape index (κ3) is 4.68. The van der Waals surface area contributed by atoms with Gasteiger partial charge in [0.2, 0.25) is 0 Å². The number of carbonyl (C=O) groups is 1. The summed E-state index contributed by atoms with van der Waals surface area (Å²) in [6.45, 7) is 0. The summed E-state index contributed by atoms with van der Waals surface area (Å²) in [4.78, 5) is 12.1. The number of sulfonamides is 1. The van der Waals surface area contributed by atoms with Gasteiger partial charge in [0, 0.05) is 21.2 Å². The number of carbonyl (C=O) groups excluding carboxylic acids is 1. The molecular formula is C18H15BrN2O4S2. The number of methoxy groups -OCH3 is 1. The van der Waals surface area contributed by atoms with Crippen LogP contribution in [0.25, 0.3) is 0 Å². The highest BCUT2D eigenvalue weighted by Gasteiger charge is 2.21. The molecule has 3 aromatic rings. The fraction of sp³-hybridized carbons (Fsp3) is 0.0556. The van der Waals surface area contributed by atoms with Crippen LogP contribution in [0.15, 0.2) is 68.7 Å². The van der Waals surface area contributed by atoms with Gasteiger partial charge in [-0.25, -0.2) is 8.42 Å². The summed E-state index contributed by atoms with van der Waals surface area (Å²) in [6, 6.07) is 12.9. The van der Waals surface area contributed by atoms with Gasteiger partial charge >= 0.3 is 0 Å². The number of nitrogens with one attached hydrogen (secondary N) is 2. The van der Waals surface area contributed by atoms with Crippen LogP contribution in [0.4, 0.5) is 11.4 Å². The lowest BCUT2D eigenvalue weighted by Crippen LogP contribution is -2.16. The third-order valence-electron chi connectivity index (χ3n) is 3.59. The topological polar surface area (TPSA) is 84.5 Å². The molecule has 1 amide bonds. The van der Waals surface area contributed by atoms with Crippen LogP contribution in [0, 0.1) is 0 Å². The van der Waals surface area contributed by atoms with Crippen LogP contribution in [0.2, 0.25) is 0 Å². The zero-order valence-corrected chi connectivity index (χ0v) is 17.3. The first-order chi connectivity index (χ1) is 12.9. The molecular weight excluding hydrogens is 452 g/mol. The van der Waals surface area contributed by atoms with Crippen LogP contribution in [0.5, 0.6) is 5.75 Å². The Morgan fingerprint density at radius 3 is 2.41 bits per heavy atom. The number of rotatable bonds is 6. The van der Waals surface area contributed by atoms with Gasteiger partial charge in [0.05, 0.1) is 12.7 Å². The highest BCUT2D eigenvalue weighted by atomic mass is 79.9. The Morgan fingerprint density at radius 1 is 1.07 bits per heavy atom. The summed E-state index contributed by atoms with van der Waals surface area (Å²) in [5, 5.41) is 6.20. The van der Waals surface area contributed by atoms with Crippen molar-refractivity contribution < 1.29 is 17.9 Å². The highest BCUT2D eigenvalue weighted by molar-refractivity contribution is 9.10. The Kier molecular flexibility index (Phi) is 5.83. The van der Waals surface area contributed by atoms with Crippen LogP contribution in [-0.2, 0) is 10.0 Å². The lowest BCUT2D eigenvalue weighted by Gasteiger charge is -2.13. The second-order valence-electron chi connectivity index (χ2n) is 5.44. The summed E-state index contributed by atoms with van der Waals surface area (Å²) >= 11 is 4.71. The van der Waals surface area contributed by atoms with Crippen molar-refractivity contribution in [2.24, 2.45) is 0 Å². The second-order valence-corrected chi connectivity index (χ2v) is 8.79. The molecule has 2 N–H and O–H groups in total. The minimum atomic E-state index is -3.92. The number of halogens is 1. The van der Waals surface area contributed by atoms with E-state index in [1.807, 2.05) is 0 Å². The van der Waals surface area contributed by atoms with Gasteiger partial charge in [-0.2, -0.15) is 11.3 Å². The molecule has 0 atom stereocenters. The van der Waals surface area contributed by atoms with Crippen LogP contribution in [0.1, 0.15) is 10.4 Å². The van der Waals surface area contributed by atoms with E-state index in [1.54, 1.807) is 47.2 Å². The van der Waals surface area contributed by atoms with Gasteiger partial charge in [-0.05, 0) is 53.9 Å². The SMILES string of the molecule is COc1ccc(NC(=O)c2ccsc2)cc1S(=O)(=O)Nc1ccc(Br)cc1. The molecule has 0 bridgehead atoms. The molecule has 140 valence electrons. The maximum Gasteiger partial charge on any atom is 0.265 e. The monoisotopic (exact) mass is 466 g/mol. The van der Waals surface area contributed by atoms with Crippen molar-refractivity contribution in [1.29, 1.82) is 0 Å². The fourth-order valence-corrected chi connectivity index (χ4v) is 4.44. The van der Waals surface area contributed by atoms with E-state index in [4.69, 9.17) is 4.74 Å². The third-order valence-corrected chi connectivity index (χ3v) is 6.21. The zero-order valence-electron chi connectivity index (χ0n) is 14.1. The molecule has 9 heteroatoms. The van der Waals surface area contributed by atoms with Gasteiger partial charge in [-0.3, -0.25) is 9.52 Å². The average Bonchev–Trinajstić information content (AvgIpc) is 3.18. The molecule has 0 fully saturated rings. The lowest BCUT2D eigenvalue weighted by molar-refractivity contribution is 0.102. The second kappa shape index (κ2) is 8.12. The maximum atomic E-state index is 12.8. The van der Waals surface area contributed by atoms with E-state index in [0.29, 0.717) is 16.9 Å². The number of hydrogen-bond acceptors (Lipinski definition) is 5. The van der Waals surface area contributed by atoms with Gasteiger partial charge in [-0.15, -0.1) is 0 Å². The molecule has 0 aliphatic heterocycles. The van der Waals surface area contributed by atoms with E-state index in [0.717, 1.165) is 4.47 Å². The predicted octanol–water partition coefficient (Wildman–Crippen LogP) is 4.57. The molecule has 2 aromatic carbocycles. The molecule has 0 aliphatic rings.